The van der Waals surface area contributed by atoms with Crippen molar-refractivity contribution in [1.82, 2.24) is 0 Å². The summed E-state index contributed by atoms with van der Waals surface area (Å²) in [6.45, 7) is 2.77. The van der Waals surface area contributed by atoms with E-state index in [4.69, 9.17) is 0 Å². The molecule has 0 aliphatic heterocycles. The number of azo groups is 1. The van der Waals surface area contributed by atoms with Crippen LogP contribution in [0.4, 0.5) is 5.69 Å². The lowest BCUT2D eigenvalue weighted by atomic mass is 9.92. The Morgan fingerprint density at radius 2 is 1.68 bits per heavy atom. The first-order chi connectivity index (χ1) is 12.3. The molecule has 0 N–H and O–H groups in total. The molecular formula is C23H20N2. The molecule has 2 heteroatoms. The number of hydrogen-bond donors (Lipinski definition) is 0. The fourth-order valence-corrected chi connectivity index (χ4v) is 3.41. The van der Waals surface area contributed by atoms with E-state index in [2.05, 4.69) is 65.7 Å². The van der Waals surface area contributed by atoms with Crippen molar-refractivity contribution in [1.29, 1.82) is 0 Å². The standard InChI is InChI=1S/C23H20N2/c1-17-8-7-13-20(17)22-15-14-18-9-5-6-12-21(18)23(22)16-24-25-19-10-3-2-4-11-19/h2-12,14-15H,13,16H2,1H3. The highest BCUT2D eigenvalue weighted by Gasteiger charge is 2.14. The van der Waals surface area contributed by atoms with Crippen LogP contribution in [0.25, 0.3) is 16.3 Å². The lowest BCUT2D eigenvalue weighted by Crippen LogP contribution is -1.95. The van der Waals surface area contributed by atoms with Gasteiger partial charge in [0.05, 0.1) is 12.2 Å². The Bertz CT molecular complexity index is 995. The summed E-state index contributed by atoms with van der Waals surface area (Å²) in [7, 11) is 0. The van der Waals surface area contributed by atoms with Gasteiger partial charge in [-0.1, -0.05) is 66.7 Å². The van der Waals surface area contributed by atoms with E-state index < -0.39 is 0 Å². The zero-order valence-corrected chi connectivity index (χ0v) is 14.3. The van der Waals surface area contributed by atoms with Gasteiger partial charge < -0.3 is 0 Å². The first-order valence-electron chi connectivity index (χ1n) is 8.63. The van der Waals surface area contributed by atoms with Gasteiger partial charge in [0.25, 0.3) is 0 Å². The number of fused-ring (bicyclic) bond motifs is 1. The predicted molar refractivity (Wildman–Crippen MR) is 105 cm³/mol. The normalized spacial score (nSPS) is 14.1. The van der Waals surface area contributed by atoms with Crippen LogP contribution in [0.3, 0.4) is 0 Å². The topological polar surface area (TPSA) is 24.7 Å². The van der Waals surface area contributed by atoms with E-state index in [-0.39, 0.29) is 0 Å². The van der Waals surface area contributed by atoms with Gasteiger partial charge in [0.2, 0.25) is 0 Å². The van der Waals surface area contributed by atoms with Crippen LogP contribution < -0.4 is 0 Å². The zero-order chi connectivity index (χ0) is 17.1. The van der Waals surface area contributed by atoms with E-state index in [0.29, 0.717) is 6.54 Å². The van der Waals surface area contributed by atoms with Gasteiger partial charge in [-0.15, -0.1) is 0 Å². The maximum absolute atomic E-state index is 4.50. The van der Waals surface area contributed by atoms with Gasteiger partial charge in [0.1, 0.15) is 0 Å². The van der Waals surface area contributed by atoms with E-state index in [1.54, 1.807) is 0 Å². The van der Waals surface area contributed by atoms with Crippen LogP contribution in [-0.2, 0) is 6.54 Å². The molecule has 122 valence electrons. The summed E-state index contributed by atoms with van der Waals surface area (Å²) in [6, 6.07) is 22.9. The summed E-state index contributed by atoms with van der Waals surface area (Å²) in [4.78, 5) is 0. The van der Waals surface area contributed by atoms with Gasteiger partial charge in [0, 0.05) is 0 Å². The lowest BCUT2D eigenvalue weighted by Gasteiger charge is -2.13. The molecule has 0 amide bonds. The average Bonchev–Trinajstić information content (AvgIpc) is 3.08. The predicted octanol–water partition coefficient (Wildman–Crippen LogP) is 6.86. The fourth-order valence-electron chi connectivity index (χ4n) is 3.41. The Kier molecular flexibility index (Phi) is 4.26. The van der Waals surface area contributed by atoms with E-state index in [0.717, 1.165) is 12.1 Å². The van der Waals surface area contributed by atoms with Crippen molar-refractivity contribution in [3.05, 3.63) is 95.6 Å². The van der Waals surface area contributed by atoms with Crippen molar-refractivity contribution in [2.45, 2.75) is 19.9 Å². The Labute approximate surface area is 148 Å². The molecule has 0 bridgehead atoms. The lowest BCUT2D eigenvalue weighted by molar-refractivity contribution is 0.963. The molecule has 2 nitrogen and oxygen atoms in total. The van der Waals surface area contributed by atoms with E-state index >= 15 is 0 Å². The van der Waals surface area contributed by atoms with Crippen molar-refractivity contribution in [3.63, 3.8) is 0 Å². The van der Waals surface area contributed by atoms with Gasteiger partial charge >= 0.3 is 0 Å². The summed E-state index contributed by atoms with van der Waals surface area (Å²) in [5, 5.41) is 11.4. The van der Waals surface area contributed by atoms with Crippen LogP contribution in [0.15, 0.2) is 94.7 Å². The molecule has 0 saturated carbocycles. The summed E-state index contributed by atoms with van der Waals surface area (Å²) >= 11 is 0. The molecule has 4 rings (SSSR count). The summed E-state index contributed by atoms with van der Waals surface area (Å²) < 4.78 is 0. The highest BCUT2D eigenvalue weighted by atomic mass is 15.1. The average molecular weight is 324 g/mol. The Balaban J connectivity index is 1.77. The van der Waals surface area contributed by atoms with E-state index in [1.165, 1.54) is 33.0 Å². The molecule has 0 atom stereocenters. The van der Waals surface area contributed by atoms with Crippen molar-refractivity contribution in [3.8, 4) is 0 Å². The first-order valence-corrected chi connectivity index (χ1v) is 8.63. The molecular weight excluding hydrogens is 304 g/mol. The largest absolute Gasteiger partial charge is 0.184 e. The number of rotatable bonds is 4. The van der Waals surface area contributed by atoms with Crippen LogP contribution in [0.2, 0.25) is 0 Å². The Morgan fingerprint density at radius 3 is 2.48 bits per heavy atom. The van der Waals surface area contributed by atoms with Gasteiger partial charge in [-0.3, -0.25) is 0 Å². The Morgan fingerprint density at radius 1 is 0.880 bits per heavy atom. The van der Waals surface area contributed by atoms with E-state index in [1.807, 2.05) is 30.3 Å². The van der Waals surface area contributed by atoms with Gasteiger partial charge in [-0.05, 0) is 58.5 Å². The molecule has 3 aromatic carbocycles. The monoisotopic (exact) mass is 324 g/mol. The molecule has 0 saturated heterocycles. The molecule has 0 aromatic heterocycles. The number of allylic oxidation sites excluding steroid dienone is 4. The molecule has 1 aliphatic carbocycles. The van der Waals surface area contributed by atoms with Gasteiger partial charge in [-0.2, -0.15) is 10.2 Å². The summed E-state index contributed by atoms with van der Waals surface area (Å²) in [6.07, 6.45) is 5.43. The highest BCUT2D eigenvalue weighted by Crippen LogP contribution is 2.34. The molecule has 0 fully saturated rings. The van der Waals surface area contributed by atoms with Gasteiger partial charge in [-0.25, -0.2) is 0 Å². The molecule has 0 spiro atoms. The highest BCUT2D eigenvalue weighted by molar-refractivity contribution is 5.91. The van der Waals surface area contributed by atoms with Crippen LogP contribution in [-0.4, -0.2) is 0 Å². The number of nitrogens with zero attached hydrogens (tertiary/aromatic N) is 2. The third kappa shape index (κ3) is 3.16. The van der Waals surface area contributed by atoms with Crippen molar-refractivity contribution < 1.29 is 0 Å². The second kappa shape index (κ2) is 6.86. The van der Waals surface area contributed by atoms with Gasteiger partial charge in [0.15, 0.2) is 0 Å². The molecule has 25 heavy (non-hydrogen) atoms. The third-order valence-electron chi connectivity index (χ3n) is 4.70. The summed E-state index contributed by atoms with van der Waals surface area (Å²) in [5.74, 6) is 0. The van der Waals surface area contributed by atoms with Crippen molar-refractivity contribution >= 4 is 22.0 Å². The molecule has 3 aromatic rings. The summed E-state index contributed by atoms with van der Waals surface area (Å²) in [5.41, 5.74) is 6.19. The molecule has 0 heterocycles. The SMILES string of the molecule is CC1=C(c2ccc3ccccc3c2CN=Nc2ccccc2)CC=C1. The van der Waals surface area contributed by atoms with Crippen LogP contribution in [0.1, 0.15) is 24.5 Å². The minimum atomic E-state index is 0.586. The first kappa shape index (κ1) is 15.5. The minimum absolute atomic E-state index is 0.586. The number of benzene rings is 3. The molecule has 0 radical (unpaired) electrons. The maximum Gasteiger partial charge on any atom is 0.0865 e. The fraction of sp³-hybridized carbons (Fsp3) is 0.130. The molecule has 0 unspecified atom stereocenters. The second-order valence-electron chi connectivity index (χ2n) is 6.32. The minimum Gasteiger partial charge on any atom is -0.184 e. The number of hydrogen-bond acceptors (Lipinski definition) is 2. The van der Waals surface area contributed by atoms with Crippen LogP contribution in [0, 0.1) is 0 Å². The van der Waals surface area contributed by atoms with Crippen molar-refractivity contribution in [2.24, 2.45) is 10.2 Å². The quantitative estimate of drug-likeness (QED) is 0.468. The zero-order valence-electron chi connectivity index (χ0n) is 14.3. The Hall–Kier alpha value is -3.00. The maximum atomic E-state index is 4.50. The third-order valence-corrected chi connectivity index (χ3v) is 4.70. The van der Waals surface area contributed by atoms with E-state index in [9.17, 15) is 0 Å². The smallest absolute Gasteiger partial charge is 0.0865 e. The second-order valence-corrected chi connectivity index (χ2v) is 6.32. The van der Waals surface area contributed by atoms with Crippen molar-refractivity contribution in [2.75, 3.05) is 0 Å². The molecule has 1 aliphatic rings. The van der Waals surface area contributed by atoms with Crippen LogP contribution >= 0.6 is 0 Å². The van der Waals surface area contributed by atoms with Crippen LogP contribution in [0.5, 0.6) is 0 Å².